The summed E-state index contributed by atoms with van der Waals surface area (Å²) in [5.74, 6) is 2.70. The van der Waals surface area contributed by atoms with Crippen molar-refractivity contribution in [2.45, 2.75) is 63.8 Å². The minimum absolute atomic E-state index is 0.758. The van der Waals surface area contributed by atoms with E-state index in [9.17, 15) is 0 Å². The van der Waals surface area contributed by atoms with E-state index in [1.165, 1.54) is 44.9 Å². The van der Waals surface area contributed by atoms with E-state index >= 15 is 0 Å². The van der Waals surface area contributed by atoms with E-state index in [1.807, 2.05) is 0 Å². The van der Waals surface area contributed by atoms with Gasteiger partial charge in [-0.15, -0.1) is 0 Å². The Morgan fingerprint density at radius 3 is 2.55 bits per heavy atom. The maximum Gasteiger partial charge on any atom is 0.0104 e. The maximum atomic E-state index is 3.79. The molecule has 0 aliphatic heterocycles. The normalized spacial score (nSPS) is 28.2. The number of rotatable bonds is 6. The molecular weight excluding hydrogens is 242 g/mol. The SMILES string of the molecule is CCNC(CC1CCCCC1)C1CC1c1ccccc1. The maximum absolute atomic E-state index is 3.79. The van der Waals surface area contributed by atoms with Gasteiger partial charge in [0.1, 0.15) is 0 Å². The predicted octanol–water partition coefficient (Wildman–Crippen LogP) is 4.74. The van der Waals surface area contributed by atoms with Gasteiger partial charge < -0.3 is 5.32 Å². The van der Waals surface area contributed by atoms with Crippen LogP contribution in [-0.2, 0) is 0 Å². The van der Waals surface area contributed by atoms with Crippen LogP contribution in [0.5, 0.6) is 0 Å². The molecule has 110 valence electrons. The van der Waals surface area contributed by atoms with E-state index in [-0.39, 0.29) is 0 Å². The van der Waals surface area contributed by atoms with Gasteiger partial charge in [-0.25, -0.2) is 0 Å². The second-order valence-corrected chi connectivity index (χ2v) is 6.82. The molecular formula is C19H29N. The van der Waals surface area contributed by atoms with Crippen molar-refractivity contribution in [1.82, 2.24) is 5.32 Å². The number of nitrogens with one attached hydrogen (secondary N) is 1. The van der Waals surface area contributed by atoms with Crippen molar-refractivity contribution in [1.29, 1.82) is 0 Å². The van der Waals surface area contributed by atoms with Crippen LogP contribution in [0.15, 0.2) is 30.3 Å². The summed E-state index contributed by atoms with van der Waals surface area (Å²) in [6.45, 7) is 3.38. The summed E-state index contributed by atoms with van der Waals surface area (Å²) in [7, 11) is 0. The molecule has 1 aromatic carbocycles. The molecule has 3 atom stereocenters. The van der Waals surface area contributed by atoms with Gasteiger partial charge in [-0.3, -0.25) is 0 Å². The van der Waals surface area contributed by atoms with Gasteiger partial charge in [0.05, 0.1) is 0 Å². The Labute approximate surface area is 124 Å². The van der Waals surface area contributed by atoms with E-state index in [1.54, 1.807) is 5.56 Å². The standard InChI is InChI=1S/C19H29N/c1-2-20-19(13-15-9-5-3-6-10-15)18-14-17(18)16-11-7-4-8-12-16/h4,7-8,11-12,15,17-20H,2-3,5-6,9-10,13-14H2,1H3. The van der Waals surface area contributed by atoms with Crippen molar-refractivity contribution in [3.8, 4) is 0 Å². The molecule has 3 unspecified atom stereocenters. The van der Waals surface area contributed by atoms with Crippen LogP contribution in [0, 0.1) is 11.8 Å². The summed E-state index contributed by atoms with van der Waals surface area (Å²) in [5.41, 5.74) is 1.56. The first kappa shape index (κ1) is 14.1. The Morgan fingerprint density at radius 1 is 1.10 bits per heavy atom. The zero-order valence-electron chi connectivity index (χ0n) is 12.9. The molecule has 0 aromatic heterocycles. The first-order chi connectivity index (χ1) is 9.88. The van der Waals surface area contributed by atoms with Gasteiger partial charge >= 0.3 is 0 Å². The first-order valence-corrected chi connectivity index (χ1v) is 8.66. The van der Waals surface area contributed by atoms with Crippen molar-refractivity contribution in [2.75, 3.05) is 6.54 Å². The second kappa shape index (κ2) is 6.76. The molecule has 2 aliphatic rings. The van der Waals surface area contributed by atoms with Crippen LogP contribution in [0.25, 0.3) is 0 Å². The second-order valence-electron chi connectivity index (χ2n) is 6.82. The highest BCUT2D eigenvalue weighted by Gasteiger charge is 2.43. The van der Waals surface area contributed by atoms with E-state index in [2.05, 4.69) is 42.6 Å². The molecule has 0 heterocycles. The highest BCUT2D eigenvalue weighted by molar-refractivity contribution is 5.26. The van der Waals surface area contributed by atoms with Crippen LogP contribution in [0.1, 0.15) is 63.4 Å². The topological polar surface area (TPSA) is 12.0 Å². The van der Waals surface area contributed by atoms with Crippen molar-refractivity contribution >= 4 is 0 Å². The fourth-order valence-corrected chi connectivity index (χ4v) is 4.20. The number of hydrogen-bond donors (Lipinski definition) is 1. The zero-order chi connectivity index (χ0) is 13.8. The van der Waals surface area contributed by atoms with Crippen LogP contribution in [0.4, 0.5) is 0 Å². The summed E-state index contributed by atoms with van der Waals surface area (Å²) >= 11 is 0. The summed E-state index contributed by atoms with van der Waals surface area (Å²) in [6.07, 6.45) is 10.2. The summed E-state index contributed by atoms with van der Waals surface area (Å²) in [4.78, 5) is 0. The van der Waals surface area contributed by atoms with E-state index in [0.29, 0.717) is 0 Å². The third kappa shape index (κ3) is 3.44. The summed E-state index contributed by atoms with van der Waals surface area (Å²) in [6, 6.07) is 11.9. The Balaban J connectivity index is 1.57. The Hall–Kier alpha value is -0.820. The van der Waals surface area contributed by atoms with Gasteiger partial charge in [0.25, 0.3) is 0 Å². The molecule has 1 N–H and O–H groups in total. The zero-order valence-corrected chi connectivity index (χ0v) is 12.9. The highest BCUT2D eigenvalue weighted by Crippen LogP contribution is 2.51. The minimum Gasteiger partial charge on any atom is -0.314 e. The Morgan fingerprint density at radius 2 is 1.85 bits per heavy atom. The summed E-state index contributed by atoms with van der Waals surface area (Å²) in [5, 5.41) is 3.79. The van der Waals surface area contributed by atoms with Crippen molar-refractivity contribution < 1.29 is 0 Å². The van der Waals surface area contributed by atoms with Crippen LogP contribution in [0.2, 0.25) is 0 Å². The lowest BCUT2D eigenvalue weighted by molar-refractivity contribution is 0.284. The van der Waals surface area contributed by atoms with Crippen molar-refractivity contribution in [3.05, 3.63) is 35.9 Å². The van der Waals surface area contributed by atoms with E-state index < -0.39 is 0 Å². The Kier molecular flexibility index (Phi) is 4.77. The molecule has 20 heavy (non-hydrogen) atoms. The molecule has 0 bridgehead atoms. The van der Waals surface area contributed by atoms with Crippen LogP contribution >= 0.6 is 0 Å². The van der Waals surface area contributed by atoms with Gasteiger partial charge in [-0.2, -0.15) is 0 Å². The quantitative estimate of drug-likeness (QED) is 0.788. The van der Waals surface area contributed by atoms with Crippen LogP contribution < -0.4 is 5.32 Å². The fraction of sp³-hybridized carbons (Fsp3) is 0.684. The minimum atomic E-state index is 0.758. The van der Waals surface area contributed by atoms with Crippen LogP contribution in [0.3, 0.4) is 0 Å². The Bertz CT molecular complexity index is 393. The third-order valence-electron chi connectivity index (χ3n) is 5.36. The molecule has 2 saturated carbocycles. The van der Waals surface area contributed by atoms with Crippen LogP contribution in [-0.4, -0.2) is 12.6 Å². The van der Waals surface area contributed by atoms with Gasteiger partial charge in [-0.05, 0) is 42.7 Å². The molecule has 0 radical (unpaired) electrons. The summed E-state index contributed by atoms with van der Waals surface area (Å²) < 4.78 is 0. The molecule has 3 rings (SSSR count). The lowest BCUT2D eigenvalue weighted by Crippen LogP contribution is -2.34. The molecule has 1 heteroatoms. The molecule has 0 amide bonds. The highest BCUT2D eigenvalue weighted by atomic mass is 14.9. The van der Waals surface area contributed by atoms with E-state index in [4.69, 9.17) is 0 Å². The lowest BCUT2D eigenvalue weighted by Gasteiger charge is -2.27. The average Bonchev–Trinajstić information content (AvgIpc) is 3.29. The molecule has 1 aromatic rings. The fourth-order valence-electron chi connectivity index (χ4n) is 4.20. The molecule has 0 spiro atoms. The van der Waals surface area contributed by atoms with Gasteiger partial charge in [0, 0.05) is 6.04 Å². The first-order valence-electron chi connectivity index (χ1n) is 8.66. The molecule has 1 nitrogen and oxygen atoms in total. The third-order valence-corrected chi connectivity index (χ3v) is 5.36. The van der Waals surface area contributed by atoms with Crippen molar-refractivity contribution in [3.63, 3.8) is 0 Å². The van der Waals surface area contributed by atoms with Gasteiger partial charge in [-0.1, -0.05) is 69.4 Å². The number of benzene rings is 1. The molecule has 2 fully saturated rings. The van der Waals surface area contributed by atoms with Gasteiger partial charge in [0.15, 0.2) is 0 Å². The average molecular weight is 271 g/mol. The molecule has 0 saturated heterocycles. The largest absolute Gasteiger partial charge is 0.314 e. The number of hydrogen-bond acceptors (Lipinski definition) is 1. The van der Waals surface area contributed by atoms with Crippen molar-refractivity contribution in [2.24, 2.45) is 11.8 Å². The smallest absolute Gasteiger partial charge is 0.0104 e. The van der Waals surface area contributed by atoms with Gasteiger partial charge in [0.2, 0.25) is 0 Å². The lowest BCUT2D eigenvalue weighted by atomic mass is 9.83. The monoisotopic (exact) mass is 271 g/mol. The van der Waals surface area contributed by atoms with E-state index in [0.717, 1.165) is 30.3 Å². The molecule has 2 aliphatic carbocycles. The predicted molar refractivity (Wildman–Crippen MR) is 85.9 cm³/mol.